The number of hydrogen-bond donors (Lipinski definition) is 6. The fraction of sp³-hybridized carbons (Fsp3) is 0.435. The first-order chi connectivity index (χ1) is 15.8. The summed E-state index contributed by atoms with van der Waals surface area (Å²) in [5.74, 6) is -8.14. The van der Waals surface area contributed by atoms with Crippen LogP contribution in [0.5, 0.6) is 5.75 Å². The third-order valence-electron chi connectivity index (χ3n) is 7.15. The van der Waals surface area contributed by atoms with Crippen LogP contribution in [0.25, 0.3) is 5.76 Å². The van der Waals surface area contributed by atoms with Gasteiger partial charge in [-0.1, -0.05) is 0 Å². The molecule has 11 heteroatoms. The van der Waals surface area contributed by atoms with Crippen LogP contribution in [-0.2, 0) is 20.8 Å². The minimum Gasteiger partial charge on any atom is -0.510 e. The maximum Gasteiger partial charge on any atom is 0.255 e. The van der Waals surface area contributed by atoms with Crippen molar-refractivity contribution >= 4 is 34.6 Å². The number of primary amides is 1. The minimum absolute atomic E-state index is 0.0139. The van der Waals surface area contributed by atoms with E-state index in [4.69, 9.17) is 11.5 Å². The highest BCUT2D eigenvalue weighted by atomic mass is 16.3. The Hall–Kier alpha value is -3.57. The van der Waals surface area contributed by atoms with Gasteiger partial charge >= 0.3 is 0 Å². The standard InChI is InChI=1S/C23H28N4O7/c1-26(2)10-6-9(24)18(29)11-7(10)5-8-12(19(11)30)20(31)14-13(17(8)28)16(27(3)4)22(33)15(21(14)32)23(25)34/h6,8,13-14,16-17,28-30,33H,5,24H2,1-4H3,(H2,25,34). The van der Waals surface area contributed by atoms with E-state index in [1.807, 2.05) is 0 Å². The number of carbonyl (C=O) groups excluding carboxylic acids is 3. The van der Waals surface area contributed by atoms with E-state index in [1.54, 1.807) is 33.1 Å². The van der Waals surface area contributed by atoms with Crippen molar-refractivity contribution in [2.24, 2.45) is 23.5 Å². The lowest BCUT2D eigenvalue weighted by Gasteiger charge is -2.49. The van der Waals surface area contributed by atoms with Crippen LogP contribution in [0.1, 0.15) is 11.1 Å². The van der Waals surface area contributed by atoms with Gasteiger partial charge in [0.1, 0.15) is 22.8 Å². The lowest BCUT2D eigenvalue weighted by Crippen LogP contribution is -2.61. The highest BCUT2D eigenvalue weighted by Gasteiger charge is 2.59. The topological polar surface area (TPSA) is 191 Å². The third-order valence-corrected chi connectivity index (χ3v) is 7.15. The number of anilines is 2. The van der Waals surface area contributed by atoms with Crippen molar-refractivity contribution in [1.29, 1.82) is 0 Å². The first-order valence-corrected chi connectivity index (χ1v) is 10.7. The van der Waals surface area contributed by atoms with Gasteiger partial charge in [0.25, 0.3) is 5.91 Å². The molecule has 5 atom stereocenters. The average molecular weight is 472 g/mol. The third kappa shape index (κ3) is 3.00. The van der Waals surface area contributed by atoms with Gasteiger partial charge < -0.3 is 36.8 Å². The van der Waals surface area contributed by atoms with Crippen LogP contribution in [0.3, 0.4) is 0 Å². The van der Waals surface area contributed by atoms with Gasteiger partial charge in [-0.2, -0.15) is 0 Å². The SMILES string of the molecule is CN(C)c1cc(N)c(O)c2c1CC1C(=C2O)C(=O)C2C(=O)C(C(N)=O)=C(O)C(N(C)C)C2C1O. The van der Waals surface area contributed by atoms with Crippen LogP contribution in [-0.4, -0.2) is 83.1 Å². The van der Waals surface area contributed by atoms with E-state index in [2.05, 4.69) is 0 Å². The lowest BCUT2D eigenvalue weighted by molar-refractivity contribution is -0.143. The Labute approximate surface area is 195 Å². The van der Waals surface area contributed by atoms with E-state index in [1.165, 1.54) is 11.0 Å². The molecule has 1 aromatic rings. The Balaban J connectivity index is 1.99. The molecule has 1 aromatic carbocycles. The number of nitrogens with two attached hydrogens (primary N) is 2. The first-order valence-electron chi connectivity index (χ1n) is 10.7. The number of rotatable bonds is 3. The molecular weight excluding hydrogens is 444 g/mol. The van der Waals surface area contributed by atoms with Gasteiger partial charge in [0.2, 0.25) is 0 Å². The molecule has 0 radical (unpaired) electrons. The monoisotopic (exact) mass is 472 g/mol. The number of hydrogen-bond acceptors (Lipinski definition) is 10. The fourth-order valence-electron chi connectivity index (χ4n) is 5.72. The second-order valence-electron chi connectivity index (χ2n) is 9.46. The lowest BCUT2D eigenvalue weighted by atomic mass is 9.58. The summed E-state index contributed by atoms with van der Waals surface area (Å²) >= 11 is 0. The predicted molar refractivity (Wildman–Crippen MR) is 123 cm³/mol. The minimum atomic E-state index is -1.55. The van der Waals surface area contributed by atoms with Crippen molar-refractivity contribution < 1.29 is 34.8 Å². The Morgan fingerprint density at radius 1 is 1.09 bits per heavy atom. The molecule has 4 rings (SSSR count). The number of aliphatic hydroxyl groups excluding tert-OH is 3. The van der Waals surface area contributed by atoms with Gasteiger partial charge in [-0.05, 0) is 32.1 Å². The smallest absolute Gasteiger partial charge is 0.255 e. The van der Waals surface area contributed by atoms with Crippen molar-refractivity contribution in [3.63, 3.8) is 0 Å². The molecule has 1 amide bonds. The Bertz CT molecular complexity index is 1200. The Morgan fingerprint density at radius 3 is 2.24 bits per heavy atom. The number of likely N-dealkylation sites (N-methyl/N-ethyl adjacent to an activating group) is 1. The van der Waals surface area contributed by atoms with E-state index in [0.717, 1.165) is 0 Å². The van der Waals surface area contributed by atoms with Crippen molar-refractivity contribution in [2.45, 2.75) is 18.6 Å². The van der Waals surface area contributed by atoms with Crippen LogP contribution in [0.15, 0.2) is 23.0 Å². The number of fused-ring (bicyclic) bond motifs is 3. The van der Waals surface area contributed by atoms with E-state index in [0.29, 0.717) is 11.3 Å². The molecule has 0 spiro atoms. The van der Waals surface area contributed by atoms with Crippen molar-refractivity contribution in [1.82, 2.24) is 4.90 Å². The Morgan fingerprint density at radius 2 is 1.71 bits per heavy atom. The van der Waals surface area contributed by atoms with Crippen molar-refractivity contribution in [3.8, 4) is 5.75 Å². The number of Topliss-reactive ketones (excluding diaryl/α,β-unsaturated/α-hetero) is 2. The highest BCUT2D eigenvalue weighted by Crippen LogP contribution is 2.52. The molecular formula is C23H28N4O7. The first kappa shape index (κ1) is 23.6. The zero-order chi connectivity index (χ0) is 25.4. The number of ketones is 2. The van der Waals surface area contributed by atoms with Crippen LogP contribution in [0, 0.1) is 17.8 Å². The van der Waals surface area contributed by atoms with Crippen LogP contribution < -0.4 is 16.4 Å². The molecule has 8 N–H and O–H groups in total. The zero-order valence-electron chi connectivity index (χ0n) is 19.2. The summed E-state index contributed by atoms with van der Waals surface area (Å²) in [6, 6.07) is 0.495. The van der Waals surface area contributed by atoms with Gasteiger partial charge in [-0.15, -0.1) is 0 Å². The Kier molecular flexibility index (Phi) is 5.37. The largest absolute Gasteiger partial charge is 0.510 e. The normalized spacial score (nSPS) is 28.6. The number of benzene rings is 1. The summed E-state index contributed by atoms with van der Waals surface area (Å²) in [6.07, 6.45) is -1.29. The molecule has 11 nitrogen and oxygen atoms in total. The van der Waals surface area contributed by atoms with Crippen LogP contribution in [0.2, 0.25) is 0 Å². The van der Waals surface area contributed by atoms with Crippen LogP contribution in [0.4, 0.5) is 11.4 Å². The molecule has 3 aliphatic rings. The molecule has 1 fully saturated rings. The fourth-order valence-corrected chi connectivity index (χ4v) is 5.72. The van der Waals surface area contributed by atoms with Gasteiger partial charge in [0, 0.05) is 37.2 Å². The van der Waals surface area contributed by atoms with Gasteiger partial charge in [0.05, 0.1) is 29.3 Å². The molecule has 3 aliphatic carbocycles. The maximum atomic E-state index is 13.7. The average Bonchev–Trinajstić information content (AvgIpc) is 2.72. The quantitative estimate of drug-likeness (QED) is 0.144. The predicted octanol–water partition coefficient (Wildman–Crippen LogP) is -0.532. The number of amides is 1. The zero-order valence-corrected chi connectivity index (χ0v) is 19.2. The van der Waals surface area contributed by atoms with E-state index in [-0.39, 0.29) is 23.2 Å². The van der Waals surface area contributed by atoms with Gasteiger partial charge in [-0.25, -0.2) is 0 Å². The number of aromatic hydroxyl groups is 1. The van der Waals surface area contributed by atoms with Crippen molar-refractivity contribution in [2.75, 3.05) is 38.8 Å². The van der Waals surface area contributed by atoms with E-state index < -0.39 is 70.2 Å². The number of nitrogens with zero attached hydrogens (tertiary/aromatic N) is 2. The van der Waals surface area contributed by atoms with Gasteiger partial charge in [0.15, 0.2) is 11.6 Å². The highest BCUT2D eigenvalue weighted by molar-refractivity contribution is 6.28. The summed E-state index contributed by atoms with van der Waals surface area (Å²) in [5.41, 5.74) is 11.4. The van der Waals surface area contributed by atoms with Crippen LogP contribution >= 0.6 is 0 Å². The van der Waals surface area contributed by atoms with Gasteiger partial charge in [-0.3, -0.25) is 19.3 Å². The summed E-state index contributed by atoms with van der Waals surface area (Å²) in [7, 11) is 6.65. The molecule has 0 aliphatic heterocycles. The summed E-state index contributed by atoms with van der Waals surface area (Å²) in [5, 5.41) is 44.0. The number of aliphatic hydroxyl groups is 3. The molecule has 5 unspecified atom stereocenters. The number of phenols is 1. The maximum absolute atomic E-state index is 13.7. The molecule has 0 heterocycles. The molecule has 0 saturated heterocycles. The number of phenolic OH excluding ortho intramolecular Hbond substituents is 1. The summed E-state index contributed by atoms with van der Waals surface area (Å²) in [6.45, 7) is 0. The summed E-state index contributed by atoms with van der Waals surface area (Å²) < 4.78 is 0. The van der Waals surface area contributed by atoms with E-state index in [9.17, 15) is 34.8 Å². The van der Waals surface area contributed by atoms with Crippen molar-refractivity contribution in [3.05, 3.63) is 34.1 Å². The summed E-state index contributed by atoms with van der Waals surface area (Å²) in [4.78, 5) is 42.1. The number of carbonyl (C=O) groups is 3. The number of nitrogen functional groups attached to an aromatic ring is 1. The molecule has 0 aromatic heterocycles. The second-order valence-corrected chi connectivity index (χ2v) is 9.46. The molecule has 182 valence electrons. The second kappa shape index (κ2) is 7.74. The van der Waals surface area contributed by atoms with E-state index >= 15 is 0 Å². The molecule has 0 bridgehead atoms. The molecule has 1 saturated carbocycles. The molecule has 34 heavy (non-hydrogen) atoms.